The third-order valence-electron chi connectivity index (χ3n) is 5.04. The molecule has 0 bridgehead atoms. The Balaban J connectivity index is 1.34. The molecule has 2 N–H and O–H groups in total. The molecule has 7 nitrogen and oxygen atoms in total. The second-order valence-corrected chi connectivity index (χ2v) is 7.08. The normalized spacial score (nSPS) is 15.6. The highest BCUT2D eigenvalue weighted by molar-refractivity contribution is 5.98. The Morgan fingerprint density at radius 3 is 2.93 bits per heavy atom. The van der Waals surface area contributed by atoms with Crippen molar-refractivity contribution in [3.8, 4) is 0 Å². The summed E-state index contributed by atoms with van der Waals surface area (Å²) in [6.45, 7) is 4.09. The molecule has 0 radical (unpaired) electrons. The Morgan fingerprint density at radius 2 is 2.15 bits per heavy atom. The number of rotatable bonds is 7. The van der Waals surface area contributed by atoms with Crippen molar-refractivity contribution >= 4 is 17.6 Å². The summed E-state index contributed by atoms with van der Waals surface area (Å²) < 4.78 is 0. The predicted molar refractivity (Wildman–Crippen MR) is 101 cm³/mol. The third-order valence-corrected chi connectivity index (χ3v) is 5.04. The number of carbonyl (C=O) groups excluding carboxylic acids is 2. The van der Waals surface area contributed by atoms with E-state index in [0.717, 1.165) is 35.6 Å². The van der Waals surface area contributed by atoms with E-state index in [-0.39, 0.29) is 17.7 Å². The minimum Gasteiger partial charge on any atom is -0.366 e. The van der Waals surface area contributed by atoms with Crippen LogP contribution in [-0.2, 0) is 17.9 Å². The molecule has 2 aromatic rings. The lowest BCUT2D eigenvalue weighted by atomic mass is 10.2. The molecular weight excluding hydrogens is 342 g/mol. The third kappa shape index (κ3) is 3.92. The molecule has 2 amide bonds. The van der Waals surface area contributed by atoms with Crippen LogP contribution in [0.3, 0.4) is 0 Å². The first-order chi connectivity index (χ1) is 13.1. The minimum absolute atomic E-state index is 0.0205. The number of hydrogen-bond acceptors (Lipinski definition) is 5. The van der Waals surface area contributed by atoms with Crippen LogP contribution >= 0.6 is 0 Å². The zero-order valence-electron chi connectivity index (χ0n) is 15.4. The van der Waals surface area contributed by atoms with Crippen LogP contribution < -0.4 is 10.6 Å². The van der Waals surface area contributed by atoms with Crippen LogP contribution in [0.1, 0.15) is 40.2 Å². The van der Waals surface area contributed by atoms with Gasteiger partial charge in [0.05, 0.1) is 17.8 Å². The summed E-state index contributed by atoms with van der Waals surface area (Å²) in [5.41, 5.74) is 3.53. The van der Waals surface area contributed by atoms with Crippen molar-refractivity contribution in [3.05, 3.63) is 53.0 Å². The molecular formula is C20H23N5O2. The lowest BCUT2D eigenvalue weighted by Gasteiger charge is -2.15. The van der Waals surface area contributed by atoms with Gasteiger partial charge in [-0.05, 0) is 43.5 Å². The van der Waals surface area contributed by atoms with Gasteiger partial charge in [-0.1, -0.05) is 6.07 Å². The number of hydrogen-bond donors (Lipinski definition) is 2. The summed E-state index contributed by atoms with van der Waals surface area (Å²) >= 11 is 0. The van der Waals surface area contributed by atoms with Crippen molar-refractivity contribution in [2.45, 2.75) is 32.9 Å². The van der Waals surface area contributed by atoms with Crippen LogP contribution in [0.2, 0.25) is 0 Å². The predicted octanol–water partition coefficient (Wildman–Crippen LogP) is 1.88. The van der Waals surface area contributed by atoms with Gasteiger partial charge in [-0.25, -0.2) is 4.98 Å². The van der Waals surface area contributed by atoms with E-state index in [9.17, 15) is 9.59 Å². The summed E-state index contributed by atoms with van der Waals surface area (Å²) in [7, 11) is 0. The number of amides is 2. The molecule has 0 aromatic carbocycles. The monoisotopic (exact) mass is 365 g/mol. The van der Waals surface area contributed by atoms with Crippen molar-refractivity contribution < 1.29 is 9.59 Å². The Labute approximate surface area is 158 Å². The highest BCUT2D eigenvalue weighted by Crippen LogP contribution is 2.28. The van der Waals surface area contributed by atoms with E-state index in [2.05, 4.69) is 20.6 Å². The van der Waals surface area contributed by atoms with Crippen LogP contribution in [0.4, 0.5) is 5.82 Å². The number of pyridine rings is 2. The maximum absolute atomic E-state index is 12.5. The number of carbonyl (C=O) groups is 2. The number of anilines is 1. The fourth-order valence-corrected chi connectivity index (χ4v) is 3.21. The van der Waals surface area contributed by atoms with E-state index >= 15 is 0 Å². The highest BCUT2D eigenvalue weighted by atomic mass is 16.2. The molecule has 1 aliphatic carbocycles. The molecule has 0 saturated heterocycles. The number of aryl methyl sites for hydroxylation is 1. The van der Waals surface area contributed by atoms with E-state index in [4.69, 9.17) is 0 Å². The van der Waals surface area contributed by atoms with Gasteiger partial charge in [-0.3, -0.25) is 14.6 Å². The molecule has 0 atom stereocenters. The van der Waals surface area contributed by atoms with Crippen LogP contribution in [0, 0.1) is 12.8 Å². The number of fused-ring (bicyclic) bond motifs is 1. The fraction of sp³-hybridized carbons (Fsp3) is 0.400. The maximum atomic E-state index is 12.5. The SMILES string of the molecule is Cc1ncccc1CNc1ccc2c(n1)CN(CCNC(=O)C1CC1)C2=O. The van der Waals surface area contributed by atoms with E-state index < -0.39 is 0 Å². The smallest absolute Gasteiger partial charge is 0.256 e. The van der Waals surface area contributed by atoms with Crippen LogP contribution in [0.25, 0.3) is 0 Å². The van der Waals surface area contributed by atoms with Gasteiger partial charge >= 0.3 is 0 Å². The molecule has 7 heteroatoms. The van der Waals surface area contributed by atoms with Crippen LogP contribution in [0.15, 0.2) is 30.5 Å². The summed E-state index contributed by atoms with van der Waals surface area (Å²) in [5.74, 6) is 1.02. The zero-order valence-corrected chi connectivity index (χ0v) is 15.4. The van der Waals surface area contributed by atoms with E-state index in [1.165, 1.54) is 0 Å². The van der Waals surface area contributed by atoms with Crippen molar-refractivity contribution in [1.29, 1.82) is 0 Å². The molecule has 27 heavy (non-hydrogen) atoms. The molecule has 0 spiro atoms. The number of aromatic nitrogens is 2. The van der Waals surface area contributed by atoms with Crippen molar-refractivity contribution in [3.63, 3.8) is 0 Å². The topological polar surface area (TPSA) is 87.2 Å². The summed E-state index contributed by atoms with van der Waals surface area (Å²) in [6.07, 6.45) is 3.75. The fourth-order valence-electron chi connectivity index (χ4n) is 3.21. The van der Waals surface area contributed by atoms with Gasteiger partial charge in [0.2, 0.25) is 5.91 Å². The van der Waals surface area contributed by atoms with Gasteiger partial charge < -0.3 is 15.5 Å². The summed E-state index contributed by atoms with van der Waals surface area (Å²) in [5, 5.41) is 6.20. The average Bonchev–Trinajstić information content (AvgIpc) is 3.47. The Kier molecular flexibility index (Phi) is 4.75. The molecule has 1 aliphatic heterocycles. The minimum atomic E-state index is -0.0205. The van der Waals surface area contributed by atoms with Crippen LogP contribution in [-0.4, -0.2) is 39.8 Å². The Bertz CT molecular complexity index is 878. The van der Waals surface area contributed by atoms with Crippen molar-refractivity contribution in [2.24, 2.45) is 5.92 Å². The Hall–Kier alpha value is -2.96. The molecule has 3 heterocycles. The zero-order chi connectivity index (χ0) is 18.8. The maximum Gasteiger partial charge on any atom is 0.256 e. The van der Waals surface area contributed by atoms with Crippen molar-refractivity contribution in [1.82, 2.24) is 20.2 Å². The molecule has 1 fully saturated rings. The first-order valence-corrected chi connectivity index (χ1v) is 9.33. The second-order valence-electron chi connectivity index (χ2n) is 7.08. The highest BCUT2D eigenvalue weighted by Gasteiger charge is 2.31. The van der Waals surface area contributed by atoms with E-state index in [0.29, 0.717) is 31.7 Å². The van der Waals surface area contributed by atoms with E-state index in [1.807, 2.05) is 31.2 Å². The van der Waals surface area contributed by atoms with E-state index in [1.54, 1.807) is 11.1 Å². The molecule has 4 rings (SSSR count). The molecule has 1 saturated carbocycles. The molecule has 2 aromatic heterocycles. The summed E-state index contributed by atoms with van der Waals surface area (Å²) in [4.78, 5) is 34.8. The van der Waals surface area contributed by atoms with Gasteiger partial charge in [-0.15, -0.1) is 0 Å². The standard InChI is InChI=1S/C20H23N5O2/c1-13-15(3-2-8-21-13)11-23-18-7-6-16-17(24-18)12-25(20(16)27)10-9-22-19(26)14-4-5-14/h2-3,6-8,14H,4-5,9-12H2,1H3,(H,22,26)(H,23,24). The Morgan fingerprint density at radius 1 is 1.30 bits per heavy atom. The van der Waals surface area contributed by atoms with Crippen molar-refractivity contribution in [2.75, 3.05) is 18.4 Å². The summed E-state index contributed by atoms with van der Waals surface area (Å²) in [6, 6.07) is 7.61. The first kappa shape index (κ1) is 17.5. The van der Waals surface area contributed by atoms with Gasteiger partial charge in [-0.2, -0.15) is 0 Å². The second kappa shape index (κ2) is 7.34. The largest absolute Gasteiger partial charge is 0.366 e. The van der Waals surface area contributed by atoms with Crippen LogP contribution in [0.5, 0.6) is 0 Å². The number of nitrogens with one attached hydrogen (secondary N) is 2. The quantitative estimate of drug-likeness (QED) is 0.782. The van der Waals surface area contributed by atoms with Gasteiger partial charge in [0.1, 0.15) is 5.82 Å². The van der Waals surface area contributed by atoms with Gasteiger partial charge in [0, 0.05) is 37.4 Å². The molecule has 140 valence electrons. The molecule has 2 aliphatic rings. The first-order valence-electron chi connectivity index (χ1n) is 9.33. The lowest BCUT2D eigenvalue weighted by Crippen LogP contribution is -2.35. The van der Waals surface area contributed by atoms with Gasteiger partial charge in [0.25, 0.3) is 5.91 Å². The molecule has 0 unspecified atom stereocenters. The van der Waals surface area contributed by atoms with Gasteiger partial charge in [0.15, 0.2) is 0 Å². The number of nitrogens with zero attached hydrogens (tertiary/aromatic N) is 3. The lowest BCUT2D eigenvalue weighted by molar-refractivity contribution is -0.122. The average molecular weight is 365 g/mol.